The molecule has 2 heterocycles. The molecular formula is C17H19N5O3S2. The van der Waals surface area contributed by atoms with Crippen LogP contribution in [0.5, 0.6) is 11.5 Å². The number of hydrogen-bond donors (Lipinski definition) is 1. The van der Waals surface area contributed by atoms with Crippen molar-refractivity contribution in [2.45, 2.75) is 18.6 Å². The number of hydrogen-bond acceptors (Lipinski definition) is 8. The Morgan fingerprint density at radius 2 is 2.07 bits per heavy atom. The summed E-state index contributed by atoms with van der Waals surface area (Å²) in [5, 5.41) is 14.4. The van der Waals surface area contributed by atoms with Crippen LogP contribution in [0.25, 0.3) is 11.4 Å². The van der Waals surface area contributed by atoms with Crippen LogP contribution >= 0.6 is 23.1 Å². The maximum atomic E-state index is 12.1. The number of benzene rings is 1. The van der Waals surface area contributed by atoms with E-state index in [2.05, 4.69) is 20.5 Å². The summed E-state index contributed by atoms with van der Waals surface area (Å²) in [5.74, 6) is 2.08. The molecule has 0 aliphatic heterocycles. The summed E-state index contributed by atoms with van der Waals surface area (Å²) >= 11 is 2.71. The molecule has 0 aliphatic rings. The van der Waals surface area contributed by atoms with Gasteiger partial charge >= 0.3 is 0 Å². The molecule has 0 atom stereocenters. The van der Waals surface area contributed by atoms with E-state index in [1.807, 2.05) is 35.1 Å². The molecular weight excluding hydrogens is 386 g/mol. The number of anilines is 1. The Hall–Kier alpha value is -2.59. The monoisotopic (exact) mass is 405 g/mol. The third-order valence-electron chi connectivity index (χ3n) is 3.69. The quantitative estimate of drug-likeness (QED) is 0.576. The van der Waals surface area contributed by atoms with Gasteiger partial charge in [0.15, 0.2) is 27.6 Å². The average molecular weight is 406 g/mol. The number of nitrogens with one attached hydrogen (secondary N) is 1. The van der Waals surface area contributed by atoms with Crippen molar-refractivity contribution in [1.82, 2.24) is 19.7 Å². The van der Waals surface area contributed by atoms with Crippen molar-refractivity contribution in [3.8, 4) is 22.9 Å². The second-order valence-electron chi connectivity index (χ2n) is 5.29. The number of thiazole rings is 1. The minimum Gasteiger partial charge on any atom is -0.493 e. The fraction of sp³-hybridized carbons (Fsp3) is 0.294. The Labute approximate surface area is 164 Å². The molecule has 0 fully saturated rings. The number of amides is 1. The van der Waals surface area contributed by atoms with E-state index >= 15 is 0 Å². The van der Waals surface area contributed by atoms with Crippen LogP contribution in [0.1, 0.15) is 6.92 Å². The summed E-state index contributed by atoms with van der Waals surface area (Å²) in [7, 11) is 3.19. The van der Waals surface area contributed by atoms with Crippen LogP contribution in [0, 0.1) is 0 Å². The minimum absolute atomic E-state index is 0.131. The molecule has 27 heavy (non-hydrogen) atoms. The largest absolute Gasteiger partial charge is 0.493 e. The van der Waals surface area contributed by atoms with Crippen molar-refractivity contribution in [3.05, 3.63) is 29.8 Å². The Morgan fingerprint density at radius 1 is 1.26 bits per heavy atom. The normalized spacial score (nSPS) is 10.6. The molecule has 0 bridgehead atoms. The van der Waals surface area contributed by atoms with Crippen LogP contribution in [0.15, 0.2) is 34.9 Å². The second kappa shape index (κ2) is 8.87. The summed E-state index contributed by atoms with van der Waals surface area (Å²) in [4.78, 5) is 16.1. The Morgan fingerprint density at radius 3 is 2.74 bits per heavy atom. The van der Waals surface area contributed by atoms with E-state index in [4.69, 9.17) is 9.47 Å². The van der Waals surface area contributed by atoms with Gasteiger partial charge in [-0.1, -0.05) is 11.8 Å². The van der Waals surface area contributed by atoms with E-state index in [9.17, 15) is 4.79 Å². The topological polar surface area (TPSA) is 91.2 Å². The van der Waals surface area contributed by atoms with Crippen LogP contribution in [0.2, 0.25) is 0 Å². The van der Waals surface area contributed by atoms with Gasteiger partial charge < -0.3 is 19.4 Å². The Bertz CT molecular complexity index is 911. The predicted octanol–water partition coefficient (Wildman–Crippen LogP) is 3.17. The van der Waals surface area contributed by atoms with Crippen molar-refractivity contribution in [3.63, 3.8) is 0 Å². The number of carbonyl (C=O) groups excluding carboxylic acids is 1. The fourth-order valence-electron chi connectivity index (χ4n) is 2.44. The zero-order valence-electron chi connectivity index (χ0n) is 15.1. The molecule has 0 radical (unpaired) electrons. The SMILES string of the molecule is CCn1c(SCC(=O)Nc2nccs2)nnc1-c1ccc(OC)c(OC)c1. The summed E-state index contributed by atoms with van der Waals surface area (Å²) in [6.45, 7) is 2.68. The van der Waals surface area contributed by atoms with E-state index in [-0.39, 0.29) is 11.7 Å². The van der Waals surface area contributed by atoms with Gasteiger partial charge in [0.05, 0.1) is 20.0 Å². The van der Waals surface area contributed by atoms with Gasteiger partial charge in [-0.25, -0.2) is 4.98 Å². The molecule has 0 unspecified atom stereocenters. The Kier molecular flexibility index (Phi) is 6.30. The lowest BCUT2D eigenvalue weighted by Gasteiger charge is -2.10. The van der Waals surface area contributed by atoms with E-state index in [0.29, 0.717) is 34.2 Å². The summed E-state index contributed by atoms with van der Waals surface area (Å²) in [6, 6.07) is 5.59. The van der Waals surface area contributed by atoms with E-state index < -0.39 is 0 Å². The third kappa shape index (κ3) is 4.40. The number of rotatable bonds is 8. The van der Waals surface area contributed by atoms with Gasteiger partial charge in [0, 0.05) is 23.7 Å². The van der Waals surface area contributed by atoms with E-state index in [0.717, 1.165) is 5.56 Å². The maximum absolute atomic E-state index is 12.1. The van der Waals surface area contributed by atoms with Crippen molar-refractivity contribution in [2.24, 2.45) is 0 Å². The lowest BCUT2D eigenvalue weighted by atomic mass is 10.2. The molecule has 0 spiro atoms. The molecule has 3 rings (SSSR count). The van der Waals surface area contributed by atoms with E-state index in [1.165, 1.54) is 23.1 Å². The zero-order chi connectivity index (χ0) is 19.2. The van der Waals surface area contributed by atoms with Gasteiger partial charge in [0.1, 0.15) is 0 Å². The highest BCUT2D eigenvalue weighted by atomic mass is 32.2. The van der Waals surface area contributed by atoms with Gasteiger partial charge in [-0.15, -0.1) is 21.5 Å². The third-order valence-corrected chi connectivity index (χ3v) is 5.34. The first kappa shape index (κ1) is 19.2. The summed E-state index contributed by atoms with van der Waals surface area (Å²) in [5.41, 5.74) is 0.862. The predicted molar refractivity (Wildman–Crippen MR) is 106 cm³/mol. The number of nitrogens with zero attached hydrogens (tertiary/aromatic N) is 4. The first-order valence-electron chi connectivity index (χ1n) is 8.14. The molecule has 0 saturated heterocycles. The van der Waals surface area contributed by atoms with Crippen LogP contribution in [-0.4, -0.2) is 45.6 Å². The highest BCUT2D eigenvalue weighted by Crippen LogP contribution is 2.32. The van der Waals surface area contributed by atoms with Gasteiger partial charge in [0.2, 0.25) is 5.91 Å². The highest BCUT2D eigenvalue weighted by Gasteiger charge is 2.16. The van der Waals surface area contributed by atoms with Crippen LogP contribution in [-0.2, 0) is 11.3 Å². The van der Waals surface area contributed by atoms with Gasteiger partial charge in [0.25, 0.3) is 0 Å². The van der Waals surface area contributed by atoms with Crippen molar-refractivity contribution in [2.75, 3.05) is 25.3 Å². The molecule has 8 nitrogen and oxygen atoms in total. The van der Waals surface area contributed by atoms with Crippen LogP contribution in [0.4, 0.5) is 5.13 Å². The Balaban J connectivity index is 1.75. The molecule has 10 heteroatoms. The van der Waals surface area contributed by atoms with Crippen molar-refractivity contribution < 1.29 is 14.3 Å². The van der Waals surface area contributed by atoms with Gasteiger partial charge in [-0.05, 0) is 25.1 Å². The number of aromatic nitrogens is 4. The van der Waals surface area contributed by atoms with Crippen LogP contribution < -0.4 is 14.8 Å². The summed E-state index contributed by atoms with van der Waals surface area (Å²) in [6.07, 6.45) is 1.65. The minimum atomic E-state index is -0.131. The summed E-state index contributed by atoms with van der Waals surface area (Å²) < 4.78 is 12.6. The number of carbonyl (C=O) groups is 1. The molecule has 142 valence electrons. The lowest BCUT2D eigenvalue weighted by molar-refractivity contribution is -0.113. The first-order chi connectivity index (χ1) is 13.2. The van der Waals surface area contributed by atoms with Crippen molar-refractivity contribution >= 4 is 34.1 Å². The molecule has 1 aromatic carbocycles. The lowest BCUT2D eigenvalue weighted by Crippen LogP contribution is -2.14. The van der Waals surface area contributed by atoms with Gasteiger partial charge in [-0.2, -0.15) is 0 Å². The number of ether oxygens (including phenoxy) is 2. The van der Waals surface area contributed by atoms with Gasteiger partial charge in [-0.3, -0.25) is 4.79 Å². The second-order valence-corrected chi connectivity index (χ2v) is 7.13. The standard InChI is InChI=1S/C17H19N5O3S2/c1-4-22-15(11-5-6-12(24-2)13(9-11)25-3)20-21-17(22)27-10-14(23)19-16-18-7-8-26-16/h5-9H,4,10H2,1-3H3,(H,18,19,23). The molecule has 1 amide bonds. The fourth-order valence-corrected chi connectivity index (χ4v) is 3.79. The average Bonchev–Trinajstić information content (AvgIpc) is 3.35. The zero-order valence-corrected chi connectivity index (χ0v) is 16.8. The van der Waals surface area contributed by atoms with Crippen LogP contribution in [0.3, 0.4) is 0 Å². The molecule has 2 aromatic heterocycles. The van der Waals surface area contributed by atoms with E-state index in [1.54, 1.807) is 20.4 Å². The number of thioether (sulfide) groups is 1. The molecule has 0 saturated carbocycles. The number of methoxy groups -OCH3 is 2. The van der Waals surface area contributed by atoms with Crippen molar-refractivity contribution in [1.29, 1.82) is 0 Å². The first-order valence-corrected chi connectivity index (χ1v) is 10.0. The highest BCUT2D eigenvalue weighted by molar-refractivity contribution is 7.99. The molecule has 3 aromatic rings. The maximum Gasteiger partial charge on any atom is 0.236 e. The molecule has 0 aliphatic carbocycles. The molecule has 1 N–H and O–H groups in total. The smallest absolute Gasteiger partial charge is 0.236 e.